The molecule has 2 bridgehead atoms. The van der Waals surface area contributed by atoms with Gasteiger partial charge >= 0.3 is 12.2 Å². The summed E-state index contributed by atoms with van der Waals surface area (Å²) in [6, 6.07) is 11.4. The number of carbonyl (C=O) groups excluding carboxylic acids is 4. The van der Waals surface area contributed by atoms with Crippen molar-refractivity contribution in [1.29, 1.82) is 0 Å². The zero-order valence-electron chi connectivity index (χ0n) is 29.0. The first-order chi connectivity index (χ1) is 22.5. The van der Waals surface area contributed by atoms with Crippen molar-refractivity contribution in [1.82, 2.24) is 15.2 Å². The van der Waals surface area contributed by atoms with E-state index >= 15 is 0 Å². The molecule has 4 aliphatic rings. The third-order valence-corrected chi connectivity index (χ3v) is 9.48. The van der Waals surface area contributed by atoms with Crippen LogP contribution in [0.2, 0.25) is 0 Å². The molecule has 0 saturated heterocycles. The van der Waals surface area contributed by atoms with Crippen LogP contribution in [0.4, 0.5) is 21.0 Å². The van der Waals surface area contributed by atoms with E-state index in [0.29, 0.717) is 63.0 Å². The first kappa shape index (κ1) is 34.9. The summed E-state index contributed by atoms with van der Waals surface area (Å²) in [4.78, 5) is 57.4. The van der Waals surface area contributed by atoms with Crippen LogP contribution >= 0.6 is 0 Å². The summed E-state index contributed by atoms with van der Waals surface area (Å²) < 4.78 is 10.7. The lowest BCUT2D eigenvalue weighted by Gasteiger charge is -2.51. The van der Waals surface area contributed by atoms with Crippen molar-refractivity contribution < 1.29 is 28.7 Å². The van der Waals surface area contributed by atoms with Crippen LogP contribution in [0.15, 0.2) is 48.7 Å². The monoisotopic (exact) mass is 659 g/mol. The zero-order chi connectivity index (χ0) is 34.7. The summed E-state index contributed by atoms with van der Waals surface area (Å²) in [6.45, 7) is 12.3. The second-order valence-corrected chi connectivity index (χ2v) is 15.3. The van der Waals surface area contributed by atoms with Crippen molar-refractivity contribution in [3.05, 3.63) is 59.9 Å². The van der Waals surface area contributed by atoms with Gasteiger partial charge in [0, 0.05) is 29.6 Å². The molecule has 1 aromatic heterocycles. The number of hydrogen-bond acceptors (Lipinski definition) is 7. The predicted octanol–water partition coefficient (Wildman–Crippen LogP) is 7.05. The minimum Gasteiger partial charge on any atom is -0.444 e. The van der Waals surface area contributed by atoms with Gasteiger partial charge in [0.25, 0.3) is 0 Å². The predicted molar refractivity (Wildman–Crippen MR) is 184 cm³/mol. The Hall–Kier alpha value is -4.41. The molecule has 3 fully saturated rings. The minimum atomic E-state index is -0.579. The zero-order valence-corrected chi connectivity index (χ0v) is 29.0. The van der Waals surface area contributed by atoms with E-state index in [-0.39, 0.29) is 24.5 Å². The molecule has 1 aromatic carbocycles. The first-order valence-electron chi connectivity index (χ1n) is 16.9. The number of anilines is 2. The number of aromatic nitrogens is 1. The van der Waals surface area contributed by atoms with Crippen LogP contribution in [0.3, 0.4) is 0 Å². The fourth-order valence-electron chi connectivity index (χ4n) is 6.67. The number of nitrogens with zero attached hydrogens (tertiary/aromatic N) is 2. The molecule has 2 heterocycles. The standard InChI is InChI=1S/C37H49N5O6/c1-34(2,3)47-32(45)39-23-28-11-12-29(24-38-28)41-31(44)37-18-15-36(16-19-37,17-20-37)30(43)40-27-9-7-25(8-10-27)26-13-21-42(22-14-26)33(46)48-35(4,5)6/h7-13,24H,14-23H2,1-6H3,(H,39,45)(H,40,43)(H,41,44). The number of carbonyl (C=O) groups is 4. The minimum absolute atomic E-state index is 0.0219. The maximum Gasteiger partial charge on any atom is 0.410 e. The molecular formula is C37H49N5O6. The summed E-state index contributed by atoms with van der Waals surface area (Å²) >= 11 is 0. The Labute approximate surface area is 283 Å². The number of rotatable bonds is 7. The van der Waals surface area contributed by atoms with Crippen LogP contribution in [0, 0.1) is 10.8 Å². The van der Waals surface area contributed by atoms with Gasteiger partial charge in [0.15, 0.2) is 0 Å². The maximum absolute atomic E-state index is 13.6. The topological polar surface area (TPSA) is 139 Å². The van der Waals surface area contributed by atoms with Gasteiger partial charge in [0.05, 0.1) is 24.1 Å². The number of alkyl carbamates (subject to hydrolysis) is 1. The molecule has 3 saturated carbocycles. The molecule has 0 atom stereocenters. The molecular weight excluding hydrogens is 610 g/mol. The Balaban J connectivity index is 1.09. The van der Waals surface area contributed by atoms with Gasteiger partial charge in [-0.15, -0.1) is 0 Å². The average molecular weight is 660 g/mol. The Kier molecular flexibility index (Phi) is 9.89. The smallest absolute Gasteiger partial charge is 0.410 e. The Morgan fingerprint density at radius 2 is 1.31 bits per heavy atom. The highest BCUT2D eigenvalue weighted by Crippen LogP contribution is 2.57. The Morgan fingerprint density at radius 1 is 0.771 bits per heavy atom. The maximum atomic E-state index is 13.6. The molecule has 258 valence electrons. The highest BCUT2D eigenvalue weighted by Gasteiger charge is 2.55. The molecule has 11 heteroatoms. The van der Waals surface area contributed by atoms with Crippen molar-refractivity contribution in [3.8, 4) is 0 Å². The molecule has 6 rings (SSSR count). The van der Waals surface area contributed by atoms with Crippen LogP contribution in [-0.4, -0.2) is 58.2 Å². The van der Waals surface area contributed by atoms with E-state index in [9.17, 15) is 19.2 Å². The lowest BCUT2D eigenvalue weighted by molar-refractivity contribution is -0.144. The molecule has 2 aromatic rings. The van der Waals surface area contributed by atoms with Gasteiger partial charge in [-0.25, -0.2) is 9.59 Å². The third-order valence-electron chi connectivity index (χ3n) is 9.48. The van der Waals surface area contributed by atoms with E-state index in [1.165, 1.54) is 5.57 Å². The van der Waals surface area contributed by atoms with Crippen molar-refractivity contribution >= 4 is 40.9 Å². The van der Waals surface area contributed by atoms with Gasteiger partial charge in [0.1, 0.15) is 11.2 Å². The van der Waals surface area contributed by atoms with Gasteiger partial charge in [-0.05, 0) is 122 Å². The van der Waals surface area contributed by atoms with Gasteiger partial charge in [0.2, 0.25) is 11.8 Å². The highest BCUT2D eigenvalue weighted by molar-refractivity contribution is 5.98. The Morgan fingerprint density at radius 3 is 1.79 bits per heavy atom. The lowest BCUT2D eigenvalue weighted by Crippen LogP contribution is -2.52. The number of ether oxygens (including phenoxy) is 2. The molecule has 0 radical (unpaired) electrons. The van der Waals surface area contributed by atoms with Gasteiger partial charge in [-0.1, -0.05) is 18.2 Å². The second-order valence-electron chi connectivity index (χ2n) is 15.3. The summed E-state index contributed by atoms with van der Waals surface area (Å²) in [6.07, 6.45) is 7.55. The molecule has 3 N–H and O–H groups in total. The summed E-state index contributed by atoms with van der Waals surface area (Å²) in [5, 5.41) is 8.86. The lowest BCUT2D eigenvalue weighted by atomic mass is 9.53. The Bertz CT molecular complexity index is 1530. The number of pyridine rings is 1. The quantitative estimate of drug-likeness (QED) is 0.290. The third kappa shape index (κ3) is 8.54. The van der Waals surface area contributed by atoms with Crippen molar-refractivity contribution in [3.63, 3.8) is 0 Å². The van der Waals surface area contributed by atoms with E-state index in [4.69, 9.17) is 9.47 Å². The van der Waals surface area contributed by atoms with Crippen LogP contribution in [-0.2, 0) is 25.6 Å². The number of benzene rings is 1. The second kappa shape index (κ2) is 13.6. The van der Waals surface area contributed by atoms with E-state index in [0.717, 1.165) is 17.7 Å². The molecule has 4 amide bonds. The van der Waals surface area contributed by atoms with E-state index in [1.807, 2.05) is 45.0 Å². The van der Waals surface area contributed by atoms with E-state index in [1.54, 1.807) is 44.0 Å². The number of fused-ring (bicyclic) bond motifs is 3. The molecule has 0 spiro atoms. The molecule has 11 nitrogen and oxygen atoms in total. The number of amides is 4. The summed E-state index contributed by atoms with van der Waals surface area (Å²) in [5.74, 6) is -0.00641. The van der Waals surface area contributed by atoms with Gasteiger partial charge in [-0.3, -0.25) is 14.6 Å². The molecule has 3 aliphatic carbocycles. The van der Waals surface area contributed by atoms with Crippen LogP contribution < -0.4 is 16.0 Å². The van der Waals surface area contributed by atoms with Crippen LogP contribution in [0.1, 0.15) is 97.7 Å². The summed E-state index contributed by atoms with van der Waals surface area (Å²) in [7, 11) is 0. The fraction of sp³-hybridized carbons (Fsp3) is 0.541. The number of nitrogens with one attached hydrogen (secondary N) is 3. The van der Waals surface area contributed by atoms with E-state index in [2.05, 4.69) is 27.0 Å². The highest BCUT2D eigenvalue weighted by atomic mass is 16.6. The fourth-order valence-corrected chi connectivity index (χ4v) is 6.67. The SMILES string of the molecule is CC(C)(C)OC(=O)NCc1ccc(NC(=O)C23CCC(C(=O)Nc4ccc(C5=CCN(C(=O)OC(C)(C)C)CC5)cc4)(CC2)CC3)cn1. The average Bonchev–Trinajstić information content (AvgIpc) is 3.04. The van der Waals surface area contributed by atoms with Gasteiger partial charge < -0.3 is 30.3 Å². The molecule has 0 unspecified atom stereocenters. The molecule has 48 heavy (non-hydrogen) atoms. The number of hydrogen-bond donors (Lipinski definition) is 3. The van der Waals surface area contributed by atoms with Crippen molar-refractivity contribution in [2.24, 2.45) is 10.8 Å². The summed E-state index contributed by atoms with van der Waals surface area (Å²) in [5.41, 5.74) is 2.18. The van der Waals surface area contributed by atoms with Gasteiger partial charge in [-0.2, -0.15) is 0 Å². The van der Waals surface area contributed by atoms with Crippen LogP contribution in [0.5, 0.6) is 0 Å². The molecule has 1 aliphatic heterocycles. The van der Waals surface area contributed by atoms with Crippen molar-refractivity contribution in [2.75, 3.05) is 23.7 Å². The van der Waals surface area contributed by atoms with E-state index < -0.39 is 28.1 Å². The largest absolute Gasteiger partial charge is 0.444 e. The van der Waals surface area contributed by atoms with Crippen LogP contribution in [0.25, 0.3) is 5.57 Å². The first-order valence-corrected chi connectivity index (χ1v) is 16.9. The normalized spacial score (nSPS) is 22.3. The van der Waals surface area contributed by atoms with Crippen molar-refractivity contribution in [2.45, 2.75) is 104 Å².